The second-order valence-electron chi connectivity index (χ2n) is 5.14. The van der Waals surface area contributed by atoms with E-state index in [1.165, 1.54) is 0 Å². The van der Waals surface area contributed by atoms with Crippen LogP contribution in [0.4, 0.5) is 0 Å². The number of carbonyl (C=O) groups is 1. The molecule has 104 valence electrons. The van der Waals surface area contributed by atoms with E-state index in [1.54, 1.807) is 44.2 Å². The van der Waals surface area contributed by atoms with Gasteiger partial charge in [0.25, 0.3) is 0 Å². The van der Waals surface area contributed by atoms with Crippen LogP contribution in [0.5, 0.6) is 0 Å². The van der Waals surface area contributed by atoms with Crippen molar-refractivity contribution >= 4 is 5.97 Å². The molecule has 2 aromatic carbocycles. The van der Waals surface area contributed by atoms with E-state index in [1.807, 2.05) is 19.1 Å². The third-order valence-electron chi connectivity index (χ3n) is 3.53. The van der Waals surface area contributed by atoms with Crippen molar-refractivity contribution in [2.45, 2.75) is 26.4 Å². The van der Waals surface area contributed by atoms with Crippen LogP contribution in [0.3, 0.4) is 0 Å². The quantitative estimate of drug-likeness (QED) is 0.708. The van der Waals surface area contributed by atoms with Gasteiger partial charge in [0.15, 0.2) is 5.60 Å². The molecule has 0 saturated carbocycles. The zero-order valence-electron chi connectivity index (χ0n) is 12.8. The summed E-state index contributed by atoms with van der Waals surface area (Å²) in [5.41, 5.74) is 1.04. The normalized spacial score (nSPS) is 13.1. The van der Waals surface area contributed by atoms with Crippen molar-refractivity contribution in [1.82, 2.24) is 0 Å². The summed E-state index contributed by atoms with van der Waals surface area (Å²) >= 11 is 0. The standard InChI is InChI=1S/C17H18O3.Na/c1-11-9-12(2)15(13(3)10-11)17(20,16(18)19)14-7-5-4-6-8-14;/h4-10,20H,1-3H3,(H,18,19);/q;+1/p-1. The van der Waals surface area contributed by atoms with E-state index in [-0.39, 0.29) is 29.6 Å². The minimum Gasteiger partial charge on any atom is -0.546 e. The van der Waals surface area contributed by atoms with E-state index in [2.05, 4.69) is 0 Å². The van der Waals surface area contributed by atoms with Crippen LogP contribution in [-0.4, -0.2) is 11.1 Å². The molecule has 2 aromatic rings. The number of rotatable bonds is 3. The summed E-state index contributed by atoms with van der Waals surface area (Å²) in [4.78, 5) is 11.7. The minimum atomic E-state index is -2.14. The molecule has 0 fully saturated rings. The summed E-state index contributed by atoms with van der Waals surface area (Å²) in [5.74, 6) is -1.52. The third kappa shape index (κ3) is 3.22. The minimum absolute atomic E-state index is 0. The molecule has 0 aliphatic heterocycles. The van der Waals surface area contributed by atoms with E-state index < -0.39 is 11.6 Å². The second-order valence-corrected chi connectivity index (χ2v) is 5.14. The number of hydrogen-bond acceptors (Lipinski definition) is 3. The van der Waals surface area contributed by atoms with E-state index >= 15 is 0 Å². The molecule has 2 rings (SSSR count). The molecular weight excluding hydrogens is 275 g/mol. The Morgan fingerprint density at radius 3 is 1.95 bits per heavy atom. The zero-order chi connectivity index (χ0) is 14.9. The first-order valence-electron chi connectivity index (χ1n) is 6.45. The molecule has 1 N–H and O–H groups in total. The smallest absolute Gasteiger partial charge is 0.546 e. The Labute approximate surface area is 146 Å². The Hall–Kier alpha value is -1.13. The molecule has 0 heterocycles. The van der Waals surface area contributed by atoms with Gasteiger partial charge in [0.2, 0.25) is 0 Å². The van der Waals surface area contributed by atoms with Gasteiger partial charge < -0.3 is 15.0 Å². The largest absolute Gasteiger partial charge is 1.00 e. The van der Waals surface area contributed by atoms with Gasteiger partial charge in [-0.3, -0.25) is 0 Å². The summed E-state index contributed by atoms with van der Waals surface area (Å²) in [6.07, 6.45) is 0. The second kappa shape index (κ2) is 6.75. The van der Waals surface area contributed by atoms with Crippen LogP contribution in [0.1, 0.15) is 27.8 Å². The zero-order valence-corrected chi connectivity index (χ0v) is 14.8. The average molecular weight is 292 g/mol. The monoisotopic (exact) mass is 292 g/mol. The van der Waals surface area contributed by atoms with Crippen molar-refractivity contribution in [3.05, 3.63) is 70.3 Å². The number of aliphatic carboxylic acids is 1. The molecule has 0 bridgehead atoms. The van der Waals surface area contributed by atoms with Crippen LogP contribution >= 0.6 is 0 Å². The Balaban J connectivity index is 0.00000220. The van der Waals surface area contributed by atoms with E-state index in [9.17, 15) is 15.0 Å². The summed E-state index contributed by atoms with van der Waals surface area (Å²) in [5, 5.41) is 22.5. The number of carboxylic acids is 1. The van der Waals surface area contributed by atoms with Crippen molar-refractivity contribution in [2.75, 3.05) is 0 Å². The van der Waals surface area contributed by atoms with Gasteiger partial charge in [-0.05, 0) is 43.0 Å². The maximum absolute atomic E-state index is 11.7. The first kappa shape index (κ1) is 17.9. The molecule has 0 amide bonds. The number of carbonyl (C=O) groups excluding carboxylic acids is 1. The van der Waals surface area contributed by atoms with Crippen LogP contribution in [0.15, 0.2) is 42.5 Å². The molecule has 1 unspecified atom stereocenters. The van der Waals surface area contributed by atoms with Crippen molar-refractivity contribution in [2.24, 2.45) is 0 Å². The number of aryl methyl sites for hydroxylation is 3. The number of benzene rings is 2. The van der Waals surface area contributed by atoms with Crippen LogP contribution in [0, 0.1) is 20.8 Å². The molecule has 0 aliphatic carbocycles. The predicted octanol–water partition coefficient (Wildman–Crippen LogP) is -1.40. The first-order valence-corrected chi connectivity index (χ1v) is 6.45. The van der Waals surface area contributed by atoms with Crippen molar-refractivity contribution < 1.29 is 44.6 Å². The van der Waals surface area contributed by atoms with Crippen molar-refractivity contribution in [1.29, 1.82) is 0 Å². The van der Waals surface area contributed by atoms with Crippen LogP contribution in [-0.2, 0) is 10.4 Å². The first-order chi connectivity index (χ1) is 9.37. The fraction of sp³-hybridized carbons (Fsp3) is 0.235. The molecule has 4 heteroatoms. The van der Waals surface area contributed by atoms with Gasteiger partial charge >= 0.3 is 29.6 Å². The topological polar surface area (TPSA) is 60.4 Å². The van der Waals surface area contributed by atoms with E-state index in [0.29, 0.717) is 11.1 Å². The van der Waals surface area contributed by atoms with Gasteiger partial charge in [-0.1, -0.05) is 48.0 Å². The average Bonchev–Trinajstić information content (AvgIpc) is 2.38. The Bertz CT molecular complexity index is 629. The molecule has 0 aliphatic rings. The number of carboxylic acid groups (broad SMARTS) is 1. The van der Waals surface area contributed by atoms with Crippen LogP contribution in [0.25, 0.3) is 0 Å². The predicted molar refractivity (Wildman–Crippen MR) is 75.1 cm³/mol. The summed E-state index contributed by atoms with van der Waals surface area (Å²) in [6, 6.07) is 12.1. The molecule has 0 saturated heterocycles. The molecule has 0 radical (unpaired) electrons. The fourth-order valence-corrected chi connectivity index (χ4v) is 2.79. The summed E-state index contributed by atoms with van der Waals surface area (Å²) in [7, 11) is 0. The Morgan fingerprint density at radius 2 is 1.52 bits per heavy atom. The van der Waals surface area contributed by atoms with Gasteiger partial charge in [0.1, 0.15) is 0 Å². The number of hydrogen-bond donors (Lipinski definition) is 1. The van der Waals surface area contributed by atoms with Crippen LogP contribution in [0.2, 0.25) is 0 Å². The Kier molecular flexibility index (Phi) is 5.76. The molecule has 21 heavy (non-hydrogen) atoms. The van der Waals surface area contributed by atoms with Gasteiger partial charge in [-0.25, -0.2) is 0 Å². The molecular formula is C17H17NaO3. The van der Waals surface area contributed by atoms with Gasteiger partial charge in [0.05, 0.1) is 5.97 Å². The fourth-order valence-electron chi connectivity index (χ4n) is 2.79. The molecule has 0 spiro atoms. The van der Waals surface area contributed by atoms with Gasteiger partial charge in [-0.2, -0.15) is 0 Å². The maximum Gasteiger partial charge on any atom is 1.00 e. The third-order valence-corrected chi connectivity index (χ3v) is 3.53. The van der Waals surface area contributed by atoms with Gasteiger partial charge in [-0.15, -0.1) is 0 Å². The van der Waals surface area contributed by atoms with E-state index in [4.69, 9.17) is 0 Å². The molecule has 3 nitrogen and oxygen atoms in total. The summed E-state index contributed by atoms with van der Waals surface area (Å²) < 4.78 is 0. The van der Waals surface area contributed by atoms with Crippen LogP contribution < -0.4 is 34.7 Å². The van der Waals surface area contributed by atoms with Crippen molar-refractivity contribution in [3.8, 4) is 0 Å². The van der Waals surface area contributed by atoms with Gasteiger partial charge in [0, 0.05) is 0 Å². The maximum atomic E-state index is 11.7. The van der Waals surface area contributed by atoms with Crippen molar-refractivity contribution in [3.63, 3.8) is 0 Å². The molecule has 0 aromatic heterocycles. The Morgan fingerprint density at radius 1 is 1.05 bits per heavy atom. The van der Waals surface area contributed by atoms with E-state index in [0.717, 1.165) is 16.7 Å². The molecule has 1 atom stereocenters. The SMILES string of the molecule is Cc1cc(C)c(C(O)(C(=O)[O-])c2ccccc2)c(C)c1.[Na+]. The number of aliphatic hydroxyl groups is 1. The summed E-state index contributed by atoms with van der Waals surface area (Å²) in [6.45, 7) is 5.53.